The maximum absolute atomic E-state index is 10.8. The Labute approximate surface area is 131 Å². The first-order valence-corrected chi connectivity index (χ1v) is 6.45. The van der Waals surface area contributed by atoms with Gasteiger partial charge in [0.05, 0.1) is 17.1 Å². The minimum Gasteiger partial charge on any atom is -0.502 e. The number of nitrogens with zero attached hydrogens (tertiary/aromatic N) is 1. The SMILES string of the molecule is CC(C)(C)[C@H](O)[C@H](N)c1cc(Br)cc([N+](=O)[O-])c1O.Cl. The zero-order chi connectivity index (χ0) is 15.0. The maximum atomic E-state index is 10.8. The van der Waals surface area contributed by atoms with Gasteiger partial charge in [-0.1, -0.05) is 36.7 Å². The van der Waals surface area contributed by atoms with Crippen LogP contribution in [0.1, 0.15) is 32.4 Å². The van der Waals surface area contributed by atoms with Gasteiger partial charge < -0.3 is 15.9 Å². The van der Waals surface area contributed by atoms with E-state index in [0.29, 0.717) is 4.47 Å². The van der Waals surface area contributed by atoms with E-state index in [1.54, 1.807) is 20.8 Å². The summed E-state index contributed by atoms with van der Waals surface area (Å²) in [6, 6.07) is 1.74. The second-order valence-electron chi connectivity index (χ2n) is 5.46. The number of hydrogen-bond donors (Lipinski definition) is 3. The van der Waals surface area contributed by atoms with E-state index in [1.807, 2.05) is 0 Å². The first kappa shape index (κ1) is 19.1. The van der Waals surface area contributed by atoms with Gasteiger partial charge in [-0.3, -0.25) is 10.1 Å². The summed E-state index contributed by atoms with van der Waals surface area (Å²) in [6.07, 6.45) is -0.952. The van der Waals surface area contributed by atoms with Crippen molar-refractivity contribution in [1.82, 2.24) is 0 Å². The average molecular weight is 370 g/mol. The van der Waals surface area contributed by atoms with E-state index in [1.165, 1.54) is 12.1 Å². The fourth-order valence-electron chi connectivity index (χ4n) is 1.71. The summed E-state index contributed by atoms with van der Waals surface area (Å²) in [5, 5.41) is 30.9. The predicted octanol–water partition coefficient (Wildman–Crippen LogP) is 2.89. The second-order valence-corrected chi connectivity index (χ2v) is 6.37. The number of benzene rings is 1. The van der Waals surface area contributed by atoms with Crippen LogP contribution in [0, 0.1) is 15.5 Å². The predicted molar refractivity (Wildman–Crippen MR) is 82.1 cm³/mol. The van der Waals surface area contributed by atoms with Crippen LogP contribution in [0.15, 0.2) is 16.6 Å². The summed E-state index contributed by atoms with van der Waals surface area (Å²) in [7, 11) is 0. The highest BCUT2D eigenvalue weighted by Crippen LogP contribution is 2.39. The van der Waals surface area contributed by atoms with Crippen LogP contribution in [0.25, 0.3) is 0 Å². The third-order valence-electron chi connectivity index (χ3n) is 2.87. The van der Waals surface area contributed by atoms with Crippen LogP contribution in [0.5, 0.6) is 5.75 Å². The third-order valence-corrected chi connectivity index (χ3v) is 3.33. The summed E-state index contributed by atoms with van der Waals surface area (Å²) in [6.45, 7) is 5.38. The number of nitrogens with two attached hydrogens (primary N) is 1. The molecule has 0 saturated heterocycles. The molecular weight excluding hydrogens is 351 g/mol. The standard InChI is InChI=1S/C12H17BrN2O4.ClH/c1-12(2,3)11(17)9(14)7-4-6(13)5-8(10(7)16)15(18)19;/h4-5,9,11,16-17H,14H2,1-3H3;1H/t9-,11-;/m1./s1. The van der Waals surface area contributed by atoms with Crippen molar-refractivity contribution in [3.63, 3.8) is 0 Å². The molecular formula is C12H18BrClN2O4. The molecule has 2 atom stereocenters. The summed E-state index contributed by atoms with van der Waals surface area (Å²) >= 11 is 3.13. The number of nitro benzene ring substituents is 1. The van der Waals surface area contributed by atoms with Crippen LogP contribution < -0.4 is 5.73 Å². The molecule has 0 aliphatic heterocycles. The van der Waals surface area contributed by atoms with Crippen molar-refractivity contribution < 1.29 is 15.1 Å². The van der Waals surface area contributed by atoms with Gasteiger partial charge in [-0.2, -0.15) is 0 Å². The number of phenolic OH excluding ortho intramolecular Hbond substituents is 1. The number of aliphatic hydroxyl groups excluding tert-OH is 1. The number of aromatic hydroxyl groups is 1. The molecule has 0 aliphatic rings. The van der Waals surface area contributed by atoms with E-state index in [2.05, 4.69) is 15.9 Å². The molecule has 0 radical (unpaired) electrons. The summed E-state index contributed by atoms with van der Waals surface area (Å²) in [5.74, 6) is -0.510. The fourth-order valence-corrected chi connectivity index (χ4v) is 2.17. The second kappa shape index (κ2) is 6.71. The lowest BCUT2D eigenvalue weighted by Gasteiger charge is -2.31. The maximum Gasteiger partial charge on any atom is 0.312 e. The molecule has 0 amide bonds. The highest BCUT2D eigenvalue weighted by atomic mass is 79.9. The van der Waals surface area contributed by atoms with Crippen LogP contribution in [0.3, 0.4) is 0 Å². The molecule has 1 rings (SSSR count). The van der Waals surface area contributed by atoms with Gasteiger partial charge in [-0.25, -0.2) is 0 Å². The van der Waals surface area contributed by atoms with E-state index in [0.717, 1.165) is 0 Å². The van der Waals surface area contributed by atoms with Crippen molar-refractivity contribution >= 4 is 34.0 Å². The van der Waals surface area contributed by atoms with Crippen LogP contribution in [-0.4, -0.2) is 21.2 Å². The summed E-state index contributed by atoms with van der Waals surface area (Å²) in [4.78, 5) is 10.1. The van der Waals surface area contributed by atoms with E-state index in [-0.39, 0.29) is 18.0 Å². The van der Waals surface area contributed by atoms with Gasteiger partial charge in [0.15, 0.2) is 5.75 Å². The number of halogens is 2. The van der Waals surface area contributed by atoms with Gasteiger partial charge >= 0.3 is 5.69 Å². The van der Waals surface area contributed by atoms with Crippen molar-refractivity contribution in [2.45, 2.75) is 32.9 Å². The van der Waals surface area contributed by atoms with Crippen molar-refractivity contribution in [3.8, 4) is 5.75 Å². The molecule has 1 aromatic carbocycles. The van der Waals surface area contributed by atoms with Gasteiger partial charge in [0.25, 0.3) is 0 Å². The van der Waals surface area contributed by atoms with E-state index < -0.39 is 33.9 Å². The first-order valence-electron chi connectivity index (χ1n) is 5.66. The summed E-state index contributed by atoms with van der Waals surface area (Å²) in [5.41, 5.74) is 5.10. The lowest BCUT2D eigenvalue weighted by molar-refractivity contribution is -0.386. The largest absolute Gasteiger partial charge is 0.502 e. The van der Waals surface area contributed by atoms with Gasteiger partial charge in [-0.05, 0) is 11.5 Å². The van der Waals surface area contributed by atoms with Crippen LogP contribution in [-0.2, 0) is 0 Å². The molecule has 0 unspecified atom stereocenters. The molecule has 8 heteroatoms. The third kappa shape index (κ3) is 4.05. The fraction of sp³-hybridized carbons (Fsp3) is 0.500. The van der Waals surface area contributed by atoms with Gasteiger partial charge in [0, 0.05) is 16.1 Å². The number of nitro groups is 1. The Morgan fingerprint density at radius 1 is 1.40 bits per heavy atom. The zero-order valence-electron chi connectivity index (χ0n) is 11.3. The molecule has 0 bridgehead atoms. The van der Waals surface area contributed by atoms with E-state index in [4.69, 9.17) is 5.73 Å². The molecule has 0 aliphatic carbocycles. The van der Waals surface area contributed by atoms with Crippen molar-refractivity contribution in [2.75, 3.05) is 0 Å². The molecule has 0 spiro atoms. The summed E-state index contributed by atoms with van der Waals surface area (Å²) < 4.78 is 0.420. The topological polar surface area (TPSA) is 110 Å². The number of rotatable bonds is 3. The number of phenols is 1. The van der Waals surface area contributed by atoms with Crippen LogP contribution in [0.2, 0.25) is 0 Å². The molecule has 0 aromatic heterocycles. The quantitative estimate of drug-likeness (QED) is 0.560. The Bertz CT molecular complexity index is 505. The Hall–Kier alpha value is -0.890. The zero-order valence-corrected chi connectivity index (χ0v) is 13.7. The van der Waals surface area contributed by atoms with Crippen molar-refractivity contribution in [2.24, 2.45) is 11.1 Å². The smallest absolute Gasteiger partial charge is 0.312 e. The molecule has 6 nitrogen and oxygen atoms in total. The Balaban J connectivity index is 0.00000361. The molecule has 4 N–H and O–H groups in total. The Morgan fingerprint density at radius 3 is 2.30 bits per heavy atom. The van der Waals surface area contributed by atoms with Gasteiger partial charge in [0.1, 0.15) is 0 Å². The lowest BCUT2D eigenvalue weighted by atomic mass is 9.82. The van der Waals surface area contributed by atoms with Crippen LogP contribution >= 0.6 is 28.3 Å². The first-order chi connectivity index (χ1) is 8.55. The molecule has 0 fully saturated rings. The minimum absolute atomic E-state index is 0. The van der Waals surface area contributed by atoms with E-state index >= 15 is 0 Å². The highest BCUT2D eigenvalue weighted by Gasteiger charge is 2.32. The highest BCUT2D eigenvalue weighted by molar-refractivity contribution is 9.10. The van der Waals surface area contributed by atoms with Gasteiger partial charge in [0.2, 0.25) is 0 Å². The Morgan fingerprint density at radius 2 is 1.90 bits per heavy atom. The molecule has 0 saturated carbocycles. The van der Waals surface area contributed by atoms with Crippen LogP contribution in [0.4, 0.5) is 5.69 Å². The number of hydrogen-bond acceptors (Lipinski definition) is 5. The van der Waals surface area contributed by atoms with E-state index in [9.17, 15) is 20.3 Å². The Kier molecular flexibility index (Phi) is 6.41. The monoisotopic (exact) mass is 368 g/mol. The van der Waals surface area contributed by atoms with Crippen molar-refractivity contribution in [3.05, 3.63) is 32.3 Å². The minimum atomic E-state index is -0.952. The van der Waals surface area contributed by atoms with Crippen molar-refractivity contribution in [1.29, 1.82) is 0 Å². The molecule has 114 valence electrons. The van der Waals surface area contributed by atoms with Gasteiger partial charge in [-0.15, -0.1) is 12.4 Å². The average Bonchev–Trinajstić information content (AvgIpc) is 2.28. The number of aliphatic hydroxyl groups is 1. The lowest BCUT2D eigenvalue weighted by Crippen LogP contribution is -2.37. The molecule has 20 heavy (non-hydrogen) atoms. The normalized spacial score (nSPS) is 14.3. The molecule has 0 heterocycles. The molecule has 1 aromatic rings.